The Morgan fingerprint density at radius 3 is 2.19 bits per heavy atom. The Morgan fingerprint density at radius 2 is 1.70 bits per heavy atom. The number of piperidine rings is 1. The number of hydrogen-bond donors (Lipinski definition) is 0. The summed E-state index contributed by atoms with van der Waals surface area (Å²) >= 11 is 5.62. The fraction of sp³-hybridized carbons (Fsp3) is 0.500. The summed E-state index contributed by atoms with van der Waals surface area (Å²) in [6.45, 7) is 4.74. The quantitative estimate of drug-likeness (QED) is 0.604. The van der Waals surface area contributed by atoms with Gasteiger partial charge in [-0.1, -0.05) is 30.3 Å². The SMILES string of the molecule is C=C(Cl)COc1ccc(CN2CCC(C(=O)C(F)(F)C(F)(F)F)CC2)cc1. The van der Waals surface area contributed by atoms with Crippen molar-refractivity contribution in [1.29, 1.82) is 0 Å². The first kappa shape index (κ1) is 21.6. The van der Waals surface area contributed by atoms with Gasteiger partial charge in [-0.05, 0) is 43.6 Å². The molecule has 1 aliphatic heterocycles. The second-order valence-corrected chi connectivity index (χ2v) is 6.97. The van der Waals surface area contributed by atoms with Crippen molar-refractivity contribution in [3.05, 3.63) is 41.4 Å². The number of benzene rings is 1. The van der Waals surface area contributed by atoms with Crippen molar-refractivity contribution in [2.24, 2.45) is 5.92 Å². The first-order chi connectivity index (χ1) is 12.5. The maximum atomic E-state index is 13.2. The Morgan fingerprint density at radius 1 is 1.15 bits per heavy atom. The van der Waals surface area contributed by atoms with Gasteiger partial charge in [0.05, 0.1) is 0 Å². The van der Waals surface area contributed by atoms with Crippen LogP contribution in [0.25, 0.3) is 0 Å². The topological polar surface area (TPSA) is 29.5 Å². The molecule has 0 aromatic heterocycles. The second kappa shape index (κ2) is 8.56. The summed E-state index contributed by atoms with van der Waals surface area (Å²) in [5, 5.41) is 0.368. The highest BCUT2D eigenvalue weighted by molar-refractivity contribution is 6.29. The molecule has 0 saturated carbocycles. The Kier molecular flexibility index (Phi) is 6.86. The van der Waals surface area contributed by atoms with Crippen molar-refractivity contribution in [2.45, 2.75) is 31.5 Å². The molecule has 27 heavy (non-hydrogen) atoms. The van der Waals surface area contributed by atoms with Gasteiger partial charge in [-0.15, -0.1) is 0 Å². The van der Waals surface area contributed by atoms with Gasteiger partial charge in [0, 0.05) is 17.5 Å². The average Bonchev–Trinajstić information content (AvgIpc) is 2.60. The fourth-order valence-corrected chi connectivity index (χ4v) is 2.91. The number of Topliss-reactive ketones (excluding diaryl/α,β-unsaturated/α-hetero) is 1. The van der Waals surface area contributed by atoms with Crippen LogP contribution in [0.4, 0.5) is 22.0 Å². The summed E-state index contributed by atoms with van der Waals surface area (Å²) in [7, 11) is 0. The zero-order valence-electron chi connectivity index (χ0n) is 14.4. The molecule has 0 aliphatic carbocycles. The van der Waals surface area contributed by atoms with E-state index < -0.39 is 23.8 Å². The molecule has 0 bridgehead atoms. The maximum Gasteiger partial charge on any atom is 0.461 e. The number of carbonyl (C=O) groups is 1. The third-order valence-corrected chi connectivity index (χ3v) is 4.46. The van der Waals surface area contributed by atoms with Crippen LogP contribution in [0.3, 0.4) is 0 Å². The fourth-order valence-electron chi connectivity index (χ4n) is 2.86. The van der Waals surface area contributed by atoms with Crippen LogP contribution in [0.1, 0.15) is 18.4 Å². The maximum absolute atomic E-state index is 13.2. The van der Waals surface area contributed by atoms with E-state index in [0.29, 0.717) is 17.3 Å². The van der Waals surface area contributed by atoms with Crippen molar-refractivity contribution in [3.8, 4) is 5.75 Å². The lowest BCUT2D eigenvalue weighted by molar-refractivity contribution is -0.270. The van der Waals surface area contributed by atoms with Gasteiger partial charge in [0.15, 0.2) is 0 Å². The van der Waals surface area contributed by atoms with Crippen LogP contribution in [0, 0.1) is 5.92 Å². The number of hydrogen-bond acceptors (Lipinski definition) is 3. The summed E-state index contributed by atoms with van der Waals surface area (Å²) in [6, 6.07) is 7.13. The molecule has 3 nitrogen and oxygen atoms in total. The van der Waals surface area contributed by atoms with E-state index in [1.807, 2.05) is 17.0 Å². The number of ether oxygens (including phenoxy) is 1. The minimum absolute atomic E-state index is 0.0243. The smallest absolute Gasteiger partial charge is 0.461 e. The zero-order chi connectivity index (χ0) is 20.2. The highest BCUT2D eigenvalue weighted by Crippen LogP contribution is 2.39. The minimum Gasteiger partial charge on any atom is -0.488 e. The van der Waals surface area contributed by atoms with Crippen LogP contribution in [0.15, 0.2) is 35.9 Å². The van der Waals surface area contributed by atoms with E-state index in [2.05, 4.69) is 6.58 Å². The van der Waals surface area contributed by atoms with Crippen molar-refractivity contribution < 1.29 is 31.5 Å². The Hall–Kier alpha value is -1.67. The van der Waals surface area contributed by atoms with Crippen LogP contribution in [-0.2, 0) is 11.3 Å². The van der Waals surface area contributed by atoms with Crippen molar-refractivity contribution >= 4 is 17.4 Å². The molecule has 9 heteroatoms. The van der Waals surface area contributed by atoms with E-state index in [9.17, 15) is 26.7 Å². The summed E-state index contributed by atoms with van der Waals surface area (Å²) in [4.78, 5) is 13.5. The molecule has 0 unspecified atom stereocenters. The van der Waals surface area contributed by atoms with Crippen LogP contribution in [0.2, 0.25) is 0 Å². The number of likely N-dealkylation sites (tertiary alicyclic amines) is 1. The molecule has 0 atom stereocenters. The third-order valence-electron chi connectivity index (χ3n) is 4.35. The normalized spacial score (nSPS) is 17.0. The molecule has 1 aromatic rings. The monoisotopic (exact) mass is 411 g/mol. The number of carbonyl (C=O) groups excluding carboxylic acids is 1. The molecular weight excluding hydrogens is 393 g/mol. The largest absolute Gasteiger partial charge is 0.488 e. The molecule has 0 radical (unpaired) electrons. The minimum atomic E-state index is -5.85. The van der Waals surface area contributed by atoms with Gasteiger partial charge in [-0.3, -0.25) is 9.69 Å². The van der Waals surface area contributed by atoms with Gasteiger partial charge in [0.2, 0.25) is 5.78 Å². The first-order valence-electron chi connectivity index (χ1n) is 8.27. The Bertz CT molecular complexity index is 667. The van der Waals surface area contributed by atoms with Gasteiger partial charge >= 0.3 is 12.1 Å². The van der Waals surface area contributed by atoms with Crippen molar-refractivity contribution in [3.63, 3.8) is 0 Å². The number of halogens is 6. The zero-order valence-corrected chi connectivity index (χ0v) is 15.1. The first-order valence-corrected chi connectivity index (χ1v) is 8.64. The molecule has 1 aliphatic rings. The molecular formula is C18H19ClF5NO2. The van der Waals surface area contributed by atoms with Crippen LogP contribution >= 0.6 is 11.6 Å². The lowest BCUT2D eigenvalue weighted by atomic mass is 9.89. The van der Waals surface area contributed by atoms with E-state index in [1.54, 1.807) is 12.1 Å². The van der Waals surface area contributed by atoms with E-state index in [4.69, 9.17) is 16.3 Å². The van der Waals surface area contributed by atoms with E-state index in [0.717, 1.165) is 5.56 Å². The van der Waals surface area contributed by atoms with Gasteiger partial charge in [0.25, 0.3) is 0 Å². The summed E-state index contributed by atoms with van der Waals surface area (Å²) in [6.07, 6.45) is -5.89. The van der Waals surface area contributed by atoms with Gasteiger partial charge < -0.3 is 4.74 Å². The van der Waals surface area contributed by atoms with Gasteiger partial charge in [-0.2, -0.15) is 22.0 Å². The number of ketones is 1. The average molecular weight is 412 g/mol. The number of alkyl halides is 5. The molecule has 1 saturated heterocycles. The predicted molar refractivity (Wildman–Crippen MR) is 90.9 cm³/mol. The molecule has 150 valence electrons. The Labute approximate surface area is 158 Å². The summed E-state index contributed by atoms with van der Waals surface area (Å²) in [5.41, 5.74) is 0.928. The highest BCUT2D eigenvalue weighted by atomic mass is 35.5. The van der Waals surface area contributed by atoms with E-state index in [-0.39, 0.29) is 32.5 Å². The van der Waals surface area contributed by atoms with Crippen molar-refractivity contribution in [1.82, 2.24) is 4.90 Å². The lowest BCUT2D eigenvalue weighted by Crippen LogP contribution is -2.49. The van der Waals surface area contributed by atoms with E-state index in [1.165, 1.54) is 0 Å². The van der Waals surface area contributed by atoms with Crippen LogP contribution in [-0.4, -0.2) is 42.5 Å². The predicted octanol–water partition coefficient (Wildman–Crippen LogP) is 4.80. The highest BCUT2D eigenvalue weighted by Gasteiger charge is 2.64. The van der Waals surface area contributed by atoms with Crippen LogP contribution in [0.5, 0.6) is 5.75 Å². The molecule has 2 rings (SSSR count). The van der Waals surface area contributed by atoms with Gasteiger partial charge in [-0.25, -0.2) is 0 Å². The lowest BCUT2D eigenvalue weighted by Gasteiger charge is -2.33. The van der Waals surface area contributed by atoms with E-state index >= 15 is 0 Å². The standard InChI is InChI=1S/C18H19ClF5NO2/c1-12(19)11-27-15-4-2-13(3-5-15)10-25-8-6-14(7-9-25)16(26)17(20,21)18(22,23)24/h2-5,14H,1,6-11H2. The molecule has 0 amide bonds. The van der Waals surface area contributed by atoms with Gasteiger partial charge in [0.1, 0.15) is 12.4 Å². The third kappa shape index (κ3) is 5.65. The molecule has 1 fully saturated rings. The molecule has 0 spiro atoms. The molecule has 1 heterocycles. The Balaban J connectivity index is 1.85. The second-order valence-electron chi connectivity index (χ2n) is 6.44. The van der Waals surface area contributed by atoms with Crippen molar-refractivity contribution in [2.75, 3.05) is 19.7 Å². The molecule has 0 N–H and O–H groups in total. The summed E-state index contributed by atoms with van der Waals surface area (Å²) < 4.78 is 68.7. The number of rotatable bonds is 7. The summed E-state index contributed by atoms with van der Waals surface area (Å²) in [5.74, 6) is -7.99. The molecule has 1 aromatic carbocycles. The van der Waals surface area contributed by atoms with Crippen LogP contribution < -0.4 is 4.74 Å². The number of nitrogens with zero attached hydrogens (tertiary/aromatic N) is 1.